The summed E-state index contributed by atoms with van der Waals surface area (Å²) in [7, 11) is 2.98. The van der Waals surface area contributed by atoms with Crippen LogP contribution in [0.25, 0.3) is 0 Å². The van der Waals surface area contributed by atoms with Crippen molar-refractivity contribution in [1.82, 2.24) is 4.90 Å². The van der Waals surface area contributed by atoms with E-state index in [1.54, 1.807) is 18.1 Å². The fraction of sp³-hybridized carbons (Fsp3) is 0.562. The number of morpholine rings is 1. The smallest absolute Gasteiger partial charge is 0.254 e. The van der Waals surface area contributed by atoms with Crippen LogP contribution >= 0.6 is 0 Å². The Kier molecular flexibility index (Phi) is 5.03. The lowest BCUT2D eigenvalue weighted by Gasteiger charge is -2.42. The van der Waals surface area contributed by atoms with E-state index in [1.165, 1.54) is 19.2 Å². The third-order valence-corrected chi connectivity index (χ3v) is 3.52. The van der Waals surface area contributed by atoms with Gasteiger partial charge in [-0.3, -0.25) is 4.79 Å². The summed E-state index contributed by atoms with van der Waals surface area (Å²) < 4.78 is 29.7. The molecule has 1 atom stereocenters. The molecule has 122 valence electrons. The highest BCUT2D eigenvalue weighted by atomic mass is 19.1. The zero-order chi connectivity index (χ0) is 16.3. The molecule has 1 heterocycles. The molecule has 1 amide bonds. The number of methoxy groups -OCH3 is 2. The molecule has 0 N–H and O–H groups in total. The Hall–Kier alpha value is -1.66. The molecule has 1 aliphatic heterocycles. The van der Waals surface area contributed by atoms with Crippen LogP contribution in [0, 0.1) is 5.82 Å². The van der Waals surface area contributed by atoms with Crippen molar-refractivity contribution in [3.63, 3.8) is 0 Å². The maximum Gasteiger partial charge on any atom is 0.254 e. The van der Waals surface area contributed by atoms with Crippen molar-refractivity contribution in [2.45, 2.75) is 25.6 Å². The normalized spacial score (nSPS) is 20.8. The van der Waals surface area contributed by atoms with Crippen LogP contribution in [0.3, 0.4) is 0 Å². The van der Waals surface area contributed by atoms with Gasteiger partial charge in [-0.05, 0) is 32.0 Å². The number of carbonyl (C=O) groups excluding carboxylic acids is 1. The summed E-state index contributed by atoms with van der Waals surface area (Å²) >= 11 is 0. The summed E-state index contributed by atoms with van der Waals surface area (Å²) in [4.78, 5) is 14.3. The van der Waals surface area contributed by atoms with Gasteiger partial charge in [-0.15, -0.1) is 0 Å². The molecule has 1 saturated heterocycles. The lowest BCUT2D eigenvalue weighted by molar-refractivity contribution is -0.143. The third kappa shape index (κ3) is 3.75. The zero-order valence-electron chi connectivity index (χ0n) is 13.4. The predicted octanol–water partition coefficient (Wildman–Crippen LogP) is 2.10. The summed E-state index contributed by atoms with van der Waals surface area (Å²) in [5.41, 5.74) is -0.172. The molecule has 2 rings (SSSR count). The first kappa shape index (κ1) is 16.7. The summed E-state index contributed by atoms with van der Waals surface area (Å²) in [5, 5.41) is 0. The molecule has 0 bridgehead atoms. The van der Waals surface area contributed by atoms with E-state index in [0.717, 1.165) is 0 Å². The van der Waals surface area contributed by atoms with Gasteiger partial charge in [0.1, 0.15) is 0 Å². The van der Waals surface area contributed by atoms with Crippen LogP contribution in [0.5, 0.6) is 5.75 Å². The van der Waals surface area contributed by atoms with Gasteiger partial charge in [0, 0.05) is 25.8 Å². The molecule has 0 aromatic heterocycles. The standard InChI is InChI=1S/C16H22FNO4/c1-16(2)10-18(8-12(22-16)9-20-3)15(19)11-5-6-14(21-4)13(17)7-11/h5-7,12H,8-10H2,1-4H3. The fourth-order valence-corrected chi connectivity index (χ4v) is 2.71. The van der Waals surface area contributed by atoms with Crippen LogP contribution in [0.1, 0.15) is 24.2 Å². The average Bonchev–Trinajstić information content (AvgIpc) is 2.45. The van der Waals surface area contributed by atoms with Crippen molar-refractivity contribution >= 4 is 5.91 Å². The topological polar surface area (TPSA) is 48.0 Å². The molecule has 0 aliphatic carbocycles. The number of nitrogens with zero attached hydrogens (tertiary/aromatic N) is 1. The van der Waals surface area contributed by atoms with E-state index in [0.29, 0.717) is 25.3 Å². The zero-order valence-corrected chi connectivity index (χ0v) is 13.4. The Morgan fingerprint density at radius 3 is 2.77 bits per heavy atom. The number of amides is 1. The minimum absolute atomic E-state index is 0.121. The summed E-state index contributed by atoms with van der Waals surface area (Å²) in [6.07, 6.45) is -0.194. The van der Waals surface area contributed by atoms with Crippen LogP contribution in [0.2, 0.25) is 0 Å². The van der Waals surface area contributed by atoms with Gasteiger partial charge in [-0.25, -0.2) is 4.39 Å². The van der Waals surface area contributed by atoms with Crippen LogP contribution in [-0.4, -0.2) is 56.4 Å². The summed E-state index contributed by atoms with van der Waals surface area (Å²) in [6, 6.07) is 4.23. The van der Waals surface area contributed by atoms with Crippen molar-refractivity contribution < 1.29 is 23.4 Å². The van der Waals surface area contributed by atoms with Gasteiger partial charge in [-0.1, -0.05) is 0 Å². The maximum atomic E-state index is 13.8. The van der Waals surface area contributed by atoms with E-state index < -0.39 is 11.4 Å². The van der Waals surface area contributed by atoms with Crippen molar-refractivity contribution in [2.75, 3.05) is 33.9 Å². The summed E-state index contributed by atoms with van der Waals surface area (Å²) in [6.45, 7) is 5.11. The minimum atomic E-state index is -0.547. The molecular weight excluding hydrogens is 289 g/mol. The van der Waals surface area contributed by atoms with Crippen LogP contribution < -0.4 is 4.74 Å². The maximum absolute atomic E-state index is 13.8. The molecule has 22 heavy (non-hydrogen) atoms. The molecule has 1 aromatic carbocycles. The second-order valence-corrected chi connectivity index (χ2v) is 5.99. The predicted molar refractivity (Wildman–Crippen MR) is 79.7 cm³/mol. The number of benzene rings is 1. The molecule has 0 saturated carbocycles. The Morgan fingerprint density at radius 1 is 1.45 bits per heavy atom. The van der Waals surface area contributed by atoms with Gasteiger partial charge in [0.25, 0.3) is 5.91 Å². The quantitative estimate of drug-likeness (QED) is 0.854. The average molecular weight is 311 g/mol. The number of hydrogen-bond donors (Lipinski definition) is 0. The van der Waals surface area contributed by atoms with Crippen molar-refractivity contribution in [2.24, 2.45) is 0 Å². The Morgan fingerprint density at radius 2 is 2.18 bits per heavy atom. The highest BCUT2D eigenvalue weighted by molar-refractivity contribution is 5.94. The number of hydrogen-bond acceptors (Lipinski definition) is 4. The molecule has 5 nitrogen and oxygen atoms in total. The Balaban J connectivity index is 2.18. The number of carbonyl (C=O) groups is 1. The van der Waals surface area contributed by atoms with Crippen LogP contribution in [0.4, 0.5) is 4.39 Å². The third-order valence-electron chi connectivity index (χ3n) is 3.52. The van der Waals surface area contributed by atoms with E-state index in [-0.39, 0.29) is 17.8 Å². The first-order chi connectivity index (χ1) is 10.4. The lowest BCUT2D eigenvalue weighted by atomic mass is 10.0. The number of ether oxygens (including phenoxy) is 3. The van der Waals surface area contributed by atoms with E-state index in [9.17, 15) is 9.18 Å². The van der Waals surface area contributed by atoms with Gasteiger partial charge in [0.15, 0.2) is 11.6 Å². The monoisotopic (exact) mass is 311 g/mol. The van der Waals surface area contributed by atoms with Crippen molar-refractivity contribution in [3.8, 4) is 5.75 Å². The second kappa shape index (κ2) is 6.62. The van der Waals surface area contributed by atoms with Crippen molar-refractivity contribution in [1.29, 1.82) is 0 Å². The van der Waals surface area contributed by atoms with Gasteiger partial charge in [-0.2, -0.15) is 0 Å². The molecule has 0 spiro atoms. The largest absolute Gasteiger partial charge is 0.494 e. The summed E-state index contributed by atoms with van der Waals surface area (Å²) in [5.74, 6) is -0.649. The van der Waals surface area contributed by atoms with Gasteiger partial charge in [0.2, 0.25) is 0 Å². The second-order valence-electron chi connectivity index (χ2n) is 5.99. The van der Waals surface area contributed by atoms with E-state index in [2.05, 4.69) is 0 Å². The molecule has 6 heteroatoms. The van der Waals surface area contributed by atoms with E-state index >= 15 is 0 Å². The van der Waals surface area contributed by atoms with Crippen LogP contribution in [-0.2, 0) is 9.47 Å². The van der Waals surface area contributed by atoms with Gasteiger partial charge >= 0.3 is 0 Å². The molecule has 1 unspecified atom stereocenters. The lowest BCUT2D eigenvalue weighted by Crippen LogP contribution is -2.55. The highest BCUT2D eigenvalue weighted by Gasteiger charge is 2.36. The first-order valence-corrected chi connectivity index (χ1v) is 7.16. The molecule has 1 fully saturated rings. The van der Waals surface area contributed by atoms with Crippen LogP contribution in [0.15, 0.2) is 18.2 Å². The molecular formula is C16H22FNO4. The highest BCUT2D eigenvalue weighted by Crippen LogP contribution is 2.24. The Labute approximate surface area is 130 Å². The van der Waals surface area contributed by atoms with Gasteiger partial charge in [0.05, 0.1) is 25.4 Å². The van der Waals surface area contributed by atoms with E-state index in [4.69, 9.17) is 14.2 Å². The van der Waals surface area contributed by atoms with Crippen molar-refractivity contribution in [3.05, 3.63) is 29.6 Å². The minimum Gasteiger partial charge on any atom is -0.494 e. The fourth-order valence-electron chi connectivity index (χ4n) is 2.71. The number of halogens is 1. The molecule has 1 aliphatic rings. The SMILES string of the molecule is COCC1CN(C(=O)c2ccc(OC)c(F)c2)CC(C)(C)O1. The molecule has 0 radical (unpaired) electrons. The molecule has 1 aromatic rings. The van der Waals surface area contributed by atoms with Gasteiger partial charge < -0.3 is 19.1 Å². The van der Waals surface area contributed by atoms with E-state index in [1.807, 2.05) is 13.8 Å². The Bertz CT molecular complexity index is 547. The first-order valence-electron chi connectivity index (χ1n) is 7.16. The number of rotatable bonds is 4.